The lowest BCUT2D eigenvalue weighted by atomic mass is 10.1. The van der Waals surface area contributed by atoms with Gasteiger partial charge in [0.25, 0.3) is 5.91 Å². The Morgan fingerprint density at radius 1 is 1.12 bits per heavy atom. The highest BCUT2D eigenvalue weighted by Crippen LogP contribution is 2.15. The van der Waals surface area contributed by atoms with Crippen molar-refractivity contribution in [2.75, 3.05) is 5.32 Å². The predicted molar refractivity (Wildman–Crippen MR) is 96.7 cm³/mol. The number of anilines is 1. The number of amides is 1. The molecule has 1 N–H and O–H groups in total. The molecule has 0 aliphatic heterocycles. The van der Waals surface area contributed by atoms with E-state index in [1.165, 1.54) is 0 Å². The zero-order chi connectivity index (χ0) is 17.1. The van der Waals surface area contributed by atoms with E-state index in [9.17, 15) is 4.79 Å². The molecule has 1 heterocycles. The first kappa shape index (κ1) is 16.3. The Bertz CT molecular complexity index is 869. The quantitative estimate of drug-likeness (QED) is 0.763. The summed E-state index contributed by atoms with van der Waals surface area (Å²) in [6.07, 6.45) is 0. The Morgan fingerprint density at radius 3 is 2.54 bits per heavy atom. The second-order valence-electron chi connectivity index (χ2n) is 5.72. The Labute approximate surface area is 146 Å². The fraction of sp³-hybridized carbons (Fsp3) is 0.158. The molecule has 0 bridgehead atoms. The minimum Gasteiger partial charge on any atom is -0.305 e. The molecule has 4 nitrogen and oxygen atoms in total. The van der Waals surface area contributed by atoms with Gasteiger partial charge in [-0.05, 0) is 43.2 Å². The molecule has 1 amide bonds. The van der Waals surface area contributed by atoms with Crippen LogP contribution in [0.1, 0.15) is 27.2 Å². The van der Waals surface area contributed by atoms with Crippen LogP contribution in [0.25, 0.3) is 0 Å². The third-order valence-corrected chi connectivity index (χ3v) is 4.11. The normalized spacial score (nSPS) is 10.6. The summed E-state index contributed by atoms with van der Waals surface area (Å²) in [5.74, 6) is 0.402. The van der Waals surface area contributed by atoms with Gasteiger partial charge in [-0.3, -0.25) is 9.48 Å². The van der Waals surface area contributed by atoms with Gasteiger partial charge in [-0.25, -0.2) is 0 Å². The minimum atomic E-state index is -0.149. The van der Waals surface area contributed by atoms with Crippen LogP contribution in [-0.4, -0.2) is 15.7 Å². The zero-order valence-electron chi connectivity index (χ0n) is 13.6. The number of rotatable bonds is 4. The standard InChI is InChI=1S/C19H18ClN3O/c1-13-5-3-4-6-17(13)19(24)21-18-11-14(2)23(22-18)12-15-7-9-16(20)10-8-15/h3-11H,12H2,1-2H3,(H,21,22,24). The number of carbonyl (C=O) groups excluding carboxylic acids is 1. The number of aryl methyl sites for hydroxylation is 2. The fourth-order valence-electron chi connectivity index (χ4n) is 2.51. The van der Waals surface area contributed by atoms with Crippen LogP contribution in [0.5, 0.6) is 0 Å². The van der Waals surface area contributed by atoms with E-state index >= 15 is 0 Å². The SMILES string of the molecule is Cc1ccccc1C(=O)Nc1cc(C)n(Cc2ccc(Cl)cc2)n1. The van der Waals surface area contributed by atoms with Gasteiger partial charge >= 0.3 is 0 Å². The van der Waals surface area contributed by atoms with Crippen LogP contribution in [-0.2, 0) is 6.54 Å². The average Bonchev–Trinajstić information content (AvgIpc) is 2.89. The van der Waals surface area contributed by atoms with Crippen LogP contribution in [0.3, 0.4) is 0 Å². The van der Waals surface area contributed by atoms with Gasteiger partial charge in [0.15, 0.2) is 5.82 Å². The van der Waals surface area contributed by atoms with Gasteiger partial charge in [0.05, 0.1) is 6.54 Å². The van der Waals surface area contributed by atoms with Gasteiger partial charge in [0.2, 0.25) is 0 Å². The molecule has 2 aromatic carbocycles. The van der Waals surface area contributed by atoms with Crippen molar-refractivity contribution in [1.82, 2.24) is 9.78 Å². The van der Waals surface area contributed by atoms with Crippen LogP contribution >= 0.6 is 11.6 Å². The molecule has 0 aliphatic rings. The third-order valence-electron chi connectivity index (χ3n) is 3.86. The van der Waals surface area contributed by atoms with E-state index < -0.39 is 0 Å². The summed E-state index contributed by atoms with van der Waals surface area (Å²) < 4.78 is 1.86. The minimum absolute atomic E-state index is 0.149. The second-order valence-corrected chi connectivity index (χ2v) is 6.16. The summed E-state index contributed by atoms with van der Waals surface area (Å²) in [5.41, 5.74) is 3.67. The van der Waals surface area contributed by atoms with Gasteiger partial charge < -0.3 is 5.32 Å². The molecule has 0 radical (unpaired) electrons. The molecule has 122 valence electrons. The zero-order valence-corrected chi connectivity index (χ0v) is 14.3. The van der Waals surface area contributed by atoms with Crippen LogP contribution in [0.15, 0.2) is 54.6 Å². The number of hydrogen-bond acceptors (Lipinski definition) is 2. The van der Waals surface area contributed by atoms with Crippen molar-refractivity contribution in [2.24, 2.45) is 0 Å². The summed E-state index contributed by atoms with van der Waals surface area (Å²) in [5, 5.41) is 8.05. The maximum Gasteiger partial charge on any atom is 0.257 e. The second kappa shape index (κ2) is 6.89. The van der Waals surface area contributed by atoms with Crippen molar-refractivity contribution in [3.05, 3.63) is 82.0 Å². The first-order chi connectivity index (χ1) is 11.5. The summed E-state index contributed by atoms with van der Waals surface area (Å²) in [6, 6.07) is 17.0. The van der Waals surface area contributed by atoms with Crippen molar-refractivity contribution in [2.45, 2.75) is 20.4 Å². The third kappa shape index (κ3) is 3.66. The first-order valence-electron chi connectivity index (χ1n) is 7.69. The maximum atomic E-state index is 12.4. The smallest absolute Gasteiger partial charge is 0.257 e. The number of aromatic nitrogens is 2. The van der Waals surface area contributed by atoms with Crippen molar-refractivity contribution in [3.63, 3.8) is 0 Å². The molecule has 0 unspecified atom stereocenters. The Balaban J connectivity index is 1.75. The topological polar surface area (TPSA) is 46.9 Å². The van der Waals surface area contributed by atoms with Gasteiger partial charge in [-0.1, -0.05) is 41.9 Å². The van der Waals surface area contributed by atoms with Gasteiger partial charge in [-0.2, -0.15) is 5.10 Å². The highest BCUT2D eigenvalue weighted by Gasteiger charge is 2.11. The molecule has 3 rings (SSSR count). The van der Waals surface area contributed by atoms with Crippen LogP contribution in [0.4, 0.5) is 5.82 Å². The lowest BCUT2D eigenvalue weighted by Gasteiger charge is -2.06. The van der Waals surface area contributed by atoms with Crippen molar-refractivity contribution in [3.8, 4) is 0 Å². The molecule has 0 atom stereocenters. The highest BCUT2D eigenvalue weighted by molar-refractivity contribution is 6.30. The predicted octanol–water partition coefficient (Wildman–Crippen LogP) is 4.45. The number of benzene rings is 2. The molecular formula is C19H18ClN3O. The molecule has 3 aromatic rings. The molecule has 1 aromatic heterocycles. The van der Waals surface area contributed by atoms with Gasteiger partial charge in [-0.15, -0.1) is 0 Å². The maximum absolute atomic E-state index is 12.4. The van der Waals surface area contributed by atoms with Crippen LogP contribution < -0.4 is 5.32 Å². The number of halogens is 1. The first-order valence-corrected chi connectivity index (χ1v) is 8.06. The van der Waals surface area contributed by atoms with Crippen molar-refractivity contribution >= 4 is 23.3 Å². The molecule has 0 saturated carbocycles. The van der Waals surface area contributed by atoms with Gasteiger partial charge in [0.1, 0.15) is 0 Å². The van der Waals surface area contributed by atoms with Crippen LogP contribution in [0.2, 0.25) is 5.02 Å². The van der Waals surface area contributed by atoms with E-state index in [1.54, 1.807) is 0 Å². The molecule has 0 fully saturated rings. The van der Waals surface area contributed by atoms with E-state index in [2.05, 4.69) is 10.4 Å². The monoisotopic (exact) mass is 339 g/mol. The summed E-state index contributed by atoms with van der Waals surface area (Å²) in [4.78, 5) is 12.4. The number of nitrogens with one attached hydrogen (secondary N) is 1. The Kier molecular flexibility index (Phi) is 4.67. The summed E-state index contributed by atoms with van der Waals surface area (Å²) >= 11 is 5.91. The average molecular weight is 340 g/mol. The van der Waals surface area contributed by atoms with E-state index in [0.29, 0.717) is 22.9 Å². The van der Waals surface area contributed by atoms with E-state index in [1.807, 2.05) is 73.1 Å². The summed E-state index contributed by atoms with van der Waals surface area (Å²) in [6.45, 7) is 4.51. The molecule has 0 saturated heterocycles. The van der Waals surface area contributed by atoms with Crippen LogP contribution in [0, 0.1) is 13.8 Å². The van der Waals surface area contributed by atoms with Crippen molar-refractivity contribution in [1.29, 1.82) is 0 Å². The highest BCUT2D eigenvalue weighted by atomic mass is 35.5. The molecule has 5 heteroatoms. The Hall–Kier alpha value is -2.59. The summed E-state index contributed by atoms with van der Waals surface area (Å²) in [7, 11) is 0. The van der Waals surface area contributed by atoms with E-state index in [4.69, 9.17) is 11.6 Å². The number of nitrogens with zero attached hydrogens (tertiary/aromatic N) is 2. The lowest BCUT2D eigenvalue weighted by molar-refractivity contribution is 0.102. The largest absolute Gasteiger partial charge is 0.305 e. The van der Waals surface area contributed by atoms with E-state index in [0.717, 1.165) is 16.8 Å². The lowest BCUT2D eigenvalue weighted by Crippen LogP contribution is -2.14. The molecular weight excluding hydrogens is 322 g/mol. The van der Waals surface area contributed by atoms with E-state index in [-0.39, 0.29) is 5.91 Å². The van der Waals surface area contributed by atoms with Crippen molar-refractivity contribution < 1.29 is 4.79 Å². The fourth-order valence-corrected chi connectivity index (χ4v) is 2.63. The number of hydrogen-bond donors (Lipinski definition) is 1. The van der Waals surface area contributed by atoms with Gasteiger partial charge in [0, 0.05) is 22.3 Å². The molecule has 0 aliphatic carbocycles. The number of carbonyl (C=O) groups is 1. The Morgan fingerprint density at radius 2 is 1.83 bits per heavy atom. The molecule has 0 spiro atoms. The molecule has 24 heavy (non-hydrogen) atoms.